The van der Waals surface area contributed by atoms with E-state index in [0.717, 1.165) is 24.1 Å². The Hall–Kier alpha value is -1.64. The van der Waals surface area contributed by atoms with Crippen LogP contribution in [0, 0.1) is 5.82 Å². The number of halogens is 1. The molecule has 0 radical (unpaired) electrons. The van der Waals surface area contributed by atoms with Crippen molar-refractivity contribution in [3.63, 3.8) is 0 Å². The summed E-state index contributed by atoms with van der Waals surface area (Å²) in [5.74, 6) is -0.204. The molecule has 0 bridgehead atoms. The lowest BCUT2D eigenvalue weighted by Crippen LogP contribution is -2.01. The standard InChI is InChI=1S/C13H13FN2/c14-10-5-3-4-9(8-10)13-11-6-1-2-7-12(11)15-16-13/h3-5,8H,1-2,6-7H2,(H,15,16). The Morgan fingerprint density at radius 1 is 1.19 bits per heavy atom. The van der Waals surface area contributed by atoms with E-state index < -0.39 is 0 Å². The van der Waals surface area contributed by atoms with Gasteiger partial charge in [0.25, 0.3) is 0 Å². The van der Waals surface area contributed by atoms with Gasteiger partial charge in [-0.25, -0.2) is 4.39 Å². The van der Waals surface area contributed by atoms with Gasteiger partial charge in [-0.3, -0.25) is 5.10 Å². The molecule has 3 heteroatoms. The second-order valence-electron chi connectivity index (χ2n) is 4.25. The SMILES string of the molecule is Fc1cccc(-c2n[nH]c3c2CCCC3)c1. The Kier molecular flexibility index (Phi) is 2.24. The van der Waals surface area contributed by atoms with Crippen LogP contribution in [0.5, 0.6) is 0 Å². The third kappa shape index (κ3) is 1.52. The van der Waals surface area contributed by atoms with Crippen molar-refractivity contribution < 1.29 is 4.39 Å². The number of H-pyrrole nitrogens is 1. The average molecular weight is 216 g/mol. The van der Waals surface area contributed by atoms with Gasteiger partial charge in [-0.2, -0.15) is 5.10 Å². The Morgan fingerprint density at radius 2 is 2.06 bits per heavy atom. The van der Waals surface area contributed by atoms with Crippen molar-refractivity contribution in [3.8, 4) is 11.3 Å². The first-order valence-electron chi connectivity index (χ1n) is 5.66. The zero-order valence-electron chi connectivity index (χ0n) is 8.96. The molecule has 16 heavy (non-hydrogen) atoms. The van der Waals surface area contributed by atoms with Crippen molar-refractivity contribution in [1.29, 1.82) is 0 Å². The fourth-order valence-electron chi connectivity index (χ4n) is 2.36. The lowest BCUT2D eigenvalue weighted by molar-refractivity contribution is 0.628. The number of nitrogens with zero attached hydrogens (tertiary/aromatic N) is 1. The molecule has 1 N–H and O–H groups in total. The minimum absolute atomic E-state index is 0.204. The molecule has 0 unspecified atom stereocenters. The molecule has 3 rings (SSSR count). The van der Waals surface area contributed by atoms with E-state index in [1.54, 1.807) is 12.1 Å². The summed E-state index contributed by atoms with van der Waals surface area (Å²) >= 11 is 0. The number of aromatic nitrogens is 2. The number of aromatic amines is 1. The van der Waals surface area contributed by atoms with Gasteiger partial charge in [0.1, 0.15) is 5.82 Å². The lowest BCUT2D eigenvalue weighted by Gasteiger charge is -2.11. The van der Waals surface area contributed by atoms with Gasteiger partial charge in [-0.1, -0.05) is 12.1 Å². The minimum atomic E-state index is -0.204. The molecule has 0 spiro atoms. The molecule has 0 saturated carbocycles. The quantitative estimate of drug-likeness (QED) is 0.779. The average Bonchev–Trinajstić information content (AvgIpc) is 2.72. The lowest BCUT2D eigenvalue weighted by atomic mass is 9.94. The first-order valence-corrected chi connectivity index (χ1v) is 5.66. The molecule has 1 aromatic heterocycles. The van der Waals surface area contributed by atoms with Crippen LogP contribution in [0.1, 0.15) is 24.1 Å². The van der Waals surface area contributed by atoms with Gasteiger partial charge >= 0.3 is 0 Å². The first kappa shape index (κ1) is 9.58. The number of hydrogen-bond acceptors (Lipinski definition) is 1. The maximum Gasteiger partial charge on any atom is 0.123 e. The highest BCUT2D eigenvalue weighted by atomic mass is 19.1. The Balaban J connectivity index is 2.09. The molecule has 82 valence electrons. The number of nitrogens with one attached hydrogen (secondary N) is 1. The van der Waals surface area contributed by atoms with Crippen molar-refractivity contribution in [2.24, 2.45) is 0 Å². The maximum atomic E-state index is 13.2. The van der Waals surface area contributed by atoms with Gasteiger partial charge in [-0.15, -0.1) is 0 Å². The molecule has 0 atom stereocenters. The normalized spacial score (nSPS) is 14.8. The summed E-state index contributed by atoms with van der Waals surface area (Å²) in [5.41, 5.74) is 4.30. The number of rotatable bonds is 1. The van der Waals surface area contributed by atoms with E-state index in [0.29, 0.717) is 0 Å². The summed E-state index contributed by atoms with van der Waals surface area (Å²) < 4.78 is 13.2. The van der Waals surface area contributed by atoms with Gasteiger partial charge in [0.05, 0.1) is 5.69 Å². The molecule has 0 amide bonds. The largest absolute Gasteiger partial charge is 0.282 e. The molecule has 0 aliphatic heterocycles. The Labute approximate surface area is 93.5 Å². The second-order valence-corrected chi connectivity index (χ2v) is 4.25. The molecular formula is C13H13FN2. The van der Waals surface area contributed by atoms with Crippen LogP contribution in [0.25, 0.3) is 11.3 Å². The van der Waals surface area contributed by atoms with Gasteiger partial charge in [0.2, 0.25) is 0 Å². The van der Waals surface area contributed by atoms with Gasteiger partial charge in [0, 0.05) is 16.8 Å². The van der Waals surface area contributed by atoms with Crippen LogP contribution in [0.2, 0.25) is 0 Å². The van der Waals surface area contributed by atoms with E-state index in [1.165, 1.54) is 30.2 Å². The molecule has 1 aromatic carbocycles. The second kappa shape index (κ2) is 3.74. The van der Waals surface area contributed by atoms with Crippen LogP contribution in [0.3, 0.4) is 0 Å². The predicted molar refractivity (Wildman–Crippen MR) is 60.6 cm³/mol. The van der Waals surface area contributed by atoms with E-state index in [-0.39, 0.29) is 5.82 Å². The van der Waals surface area contributed by atoms with Crippen molar-refractivity contribution >= 4 is 0 Å². The molecule has 2 nitrogen and oxygen atoms in total. The molecule has 2 aromatic rings. The molecule has 0 saturated heterocycles. The highest BCUT2D eigenvalue weighted by Crippen LogP contribution is 2.29. The van der Waals surface area contributed by atoms with Crippen LogP contribution in [-0.4, -0.2) is 10.2 Å². The minimum Gasteiger partial charge on any atom is -0.282 e. The predicted octanol–water partition coefficient (Wildman–Crippen LogP) is 3.09. The number of hydrogen-bond donors (Lipinski definition) is 1. The van der Waals surface area contributed by atoms with E-state index in [2.05, 4.69) is 10.2 Å². The highest BCUT2D eigenvalue weighted by Gasteiger charge is 2.17. The van der Waals surface area contributed by atoms with Crippen molar-refractivity contribution in [2.75, 3.05) is 0 Å². The third-order valence-electron chi connectivity index (χ3n) is 3.15. The Bertz CT molecular complexity index is 516. The zero-order chi connectivity index (χ0) is 11.0. The monoisotopic (exact) mass is 216 g/mol. The third-order valence-corrected chi connectivity index (χ3v) is 3.15. The van der Waals surface area contributed by atoms with E-state index in [1.807, 2.05) is 6.07 Å². The van der Waals surface area contributed by atoms with Crippen molar-refractivity contribution in [2.45, 2.75) is 25.7 Å². The fourth-order valence-corrected chi connectivity index (χ4v) is 2.36. The van der Waals surface area contributed by atoms with Crippen LogP contribution >= 0.6 is 0 Å². The fraction of sp³-hybridized carbons (Fsp3) is 0.308. The Morgan fingerprint density at radius 3 is 2.94 bits per heavy atom. The highest BCUT2D eigenvalue weighted by molar-refractivity contribution is 5.64. The van der Waals surface area contributed by atoms with Gasteiger partial charge in [-0.05, 0) is 37.8 Å². The molecule has 1 heterocycles. The summed E-state index contributed by atoms with van der Waals surface area (Å²) in [5, 5.41) is 7.39. The van der Waals surface area contributed by atoms with Crippen LogP contribution < -0.4 is 0 Å². The van der Waals surface area contributed by atoms with Crippen LogP contribution in [0.15, 0.2) is 24.3 Å². The summed E-state index contributed by atoms with van der Waals surface area (Å²) in [6.45, 7) is 0. The molecule has 0 fully saturated rings. The van der Waals surface area contributed by atoms with E-state index in [4.69, 9.17) is 0 Å². The maximum absolute atomic E-state index is 13.2. The molecule has 1 aliphatic carbocycles. The molecule has 1 aliphatic rings. The number of aryl methyl sites for hydroxylation is 1. The first-order chi connectivity index (χ1) is 7.84. The van der Waals surface area contributed by atoms with E-state index >= 15 is 0 Å². The zero-order valence-corrected chi connectivity index (χ0v) is 8.96. The molecular weight excluding hydrogens is 203 g/mol. The van der Waals surface area contributed by atoms with E-state index in [9.17, 15) is 4.39 Å². The van der Waals surface area contributed by atoms with Crippen molar-refractivity contribution in [3.05, 3.63) is 41.3 Å². The van der Waals surface area contributed by atoms with Crippen molar-refractivity contribution in [1.82, 2.24) is 10.2 Å². The van der Waals surface area contributed by atoms with Crippen LogP contribution in [-0.2, 0) is 12.8 Å². The summed E-state index contributed by atoms with van der Waals surface area (Å²) in [6, 6.07) is 6.65. The number of fused-ring (bicyclic) bond motifs is 1. The summed E-state index contributed by atoms with van der Waals surface area (Å²) in [4.78, 5) is 0. The van der Waals surface area contributed by atoms with Gasteiger partial charge in [0.15, 0.2) is 0 Å². The topological polar surface area (TPSA) is 28.7 Å². The summed E-state index contributed by atoms with van der Waals surface area (Å²) in [7, 11) is 0. The summed E-state index contributed by atoms with van der Waals surface area (Å²) in [6.07, 6.45) is 4.54. The van der Waals surface area contributed by atoms with Crippen LogP contribution in [0.4, 0.5) is 4.39 Å². The number of benzene rings is 1. The smallest absolute Gasteiger partial charge is 0.123 e. The van der Waals surface area contributed by atoms with Gasteiger partial charge < -0.3 is 0 Å².